The molecular weight excluding hydrogens is 524 g/mol. The quantitative estimate of drug-likeness (QED) is 0.208. The molecule has 12 nitrogen and oxygen atoms in total. The molecule has 1 aromatic carbocycles. The molecule has 1 saturated carbocycles. The number of hydrogen-bond acceptors (Lipinski definition) is 9. The molecule has 2 heterocycles. The fraction of sp³-hybridized carbons (Fsp3) is 0.600. The molecule has 1 saturated heterocycles. The highest BCUT2D eigenvalue weighted by atomic mass is 35.5. The fourth-order valence-electron chi connectivity index (χ4n) is 4.47. The molecule has 2 fully saturated rings. The first-order chi connectivity index (χ1) is 16.4. The molecule has 0 spiro atoms. The van der Waals surface area contributed by atoms with Gasteiger partial charge in [-0.15, -0.1) is 0 Å². The van der Waals surface area contributed by atoms with Gasteiger partial charge in [-0.25, -0.2) is 9.97 Å². The van der Waals surface area contributed by atoms with Gasteiger partial charge in [0.25, 0.3) is 0 Å². The number of anilines is 1. The van der Waals surface area contributed by atoms with Crippen LogP contribution in [-0.2, 0) is 18.4 Å². The third-order valence-electron chi connectivity index (χ3n) is 6.13. The van der Waals surface area contributed by atoms with Crippen LogP contribution in [0.5, 0.6) is 0 Å². The zero-order valence-electron chi connectivity index (χ0n) is 18.6. The van der Waals surface area contributed by atoms with E-state index in [2.05, 4.69) is 15.3 Å². The molecule has 1 aromatic heterocycles. The summed E-state index contributed by atoms with van der Waals surface area (Å²) in [4.78, 5) is 36.1. The summed E-state index contributed by atoms with van der Waals surface area (Å²) in [5.74, 6) is -0.752. The largest absolute Gasteiger partial charge is 0.387 e. The number of rotatable bonds is 8. The average Bonchev–Trinajstić information content (AvgIpc) is 3.05. The molecule has 0 amide bonds. The summed E-state index contributed by atoms with van der Waals surface area (Å²) in [6.07, 6.45) is 0.516. The molecule has 1 unspecified atom stereocenters. The molecule has 6 N–H and O–H groups in total. The highest BCUT2D eigenvalue weighted by molar-refractivity contribution is 7.70. The van der Waals surface area contributed by atoms with Gasteiger partial charge in [-0.1, -0.05) is 25.3 Å². The van der Waals surface area contributed by atoms with E-state index in [1.807, 2.05) is 0 Å². The maximum Gasteiger partial charge on any atom is 0.340 e. The van der Waals surface area contributed by atoms with Crippen molar-refractivity contribution in [2.75, 3.05) is 17.8 Å². The van der Waals surface area contributed by atoms with E-state index < -0.39 is 52.1 Å². The number of benzene rings is 1. The number of hydrogen-bond donors (Lipinski definition) is 6. The normalized spacial score (nSPS) is 27.7. The monoisotopic (exact) mass is 551 g/mol. The van der Waals surface area contributed by atoms with Crippen molar-refractivity contribution < 1.29 is 43.3 Å². The summed E-state index contributed by atoms with van der Waals surface area (Å²) < 4.78 is 33.3. The van der Waals surface area contributed by atoms with Crippen LogP contribution in [0.2, 0.25) is 5.28 Å². The van der Waals surface area contributed by atoms with Crippen molar-refractivity contribution in [3.8, 4) is 0 Å². The Morgan fingerprint density at radius 3 is 2.49 bits per heavy atom. The number of nitrogens with zero attached hydrogens (tertiary/aromatic N) is 2. The first kappa shape index (κ1) is 26.9. The maximum absolute atomic E-state index is 11.9. The first-order valence-electron chi connectivity index (χ1n) is 11.2. The summed E-state index contributed by atoms with van der Waals surface area (Å²) >= 11 is 6.15. The van der Waals surface area contributed by atoms with Crippen molar-refractivity contribution in [1.29, 1.82) is 0 Å². The molecule has 1 aliphatic carbocycles. The van der Waals surface area contributed by atoms with Crippen molar-refractivity contribution in [1.82, 2.24) is 9.97 Å². The van der Waals surface area contributed by atoms with Crippen LogP contribution in [0.1, 0.15) is 43.8 Å². The van der Waals surface area contributed by atoms with Gasteiger partial charge in [0.05, 0.1) is 12.1 Å². The molecule has 2 aromatic rings. The molecule has 15 heteroatoms. The van der Waals surface area contributed by atoms with E-state index in [-0.39, 0.29) is 5.28 Å². The Morgan fingerprint density at radius 1 is 1.09 bits per heavy atom. The summed E-state index contributed by atoms with van der Waals surface area (Å²) in [6, 6.07) is 5.41. The number of ether oxygens (including phenoxy) is 1. The molecule has 2 aliphatic rings. The van der Waals surface area contributed by atoms with Gasteiger partial charge in [0.1, 0.15) is 30.2 Å². The lowest BCUT2D eigenvalue weighted by molar-refractivity contribution is -0.0186. The molecule has 194 valence electrons. The Bertz CT molecular complexity index is 1160. The summed E-state index contributed by atoms with van der Waals surface area (Å²) in [5.41, 5.74) is 0.986. The van der Waals surface area contributed by atoms with E-state index in [0.717, 1.165) is 31.1 Å². The van der Waals surface area contributed by atoms with Crippen LogP contribution in [0.15, 0.2) is 18.2 Å². The number of aliphatic hydroxyl groups excluding tert-OH is 2. The second-order valence-electron chi connectivity index (χ2n) is 8.91. The average molecular weight is 552 g/mol. The van der Waals surface area contributed by atoms with Crippen molar-refractivity contribution in [3.05, 3.63) is 29.0 Å². The van der Waals surface area contributed by atoms with Crippen LogP contribution >= 0.6 is 26.8 Å². The standard InChI is InChI=1S/C20H28ClN3O9P2/c21-20-23-14-8-11(6-7-13(14)19(24-20)22-12-4-2-1-3-5-12)18-17(26)16(25)15(33-18)9-32-35(30,31)10-34(27,28)29/h6-8,12,15-18,25-26H,1-5,9-10H2,(H,30,31)(H,22,23,24)(H2,27,28,29)/t15-,16-,17-,18+/m1/s1. The van der Waals surface area contributed by atoms with Crippen LogP contribution in [0.4, 0.5) is 5.82 Å². The maximum atomic E-state index is 11.9. The Kier molecular flexibility index (Phi) is 8.20. The number of aliphatic hydroxyl groups is 2. The lowest BCUT2D eigenvalue weighted by Crippen LogP contribution is -2.33. The van der Waals surface area contributed by atoms with Crippen molar-refractivity contribution in [2.24, 2.45) is 0 Å². The number of halogens is 1. The van der Waals surface area contributed by atoms with Gasteiger partial charge in [-0.2, -0.15) is 0 Å². The van der Waals surface area contributed by atoms with Gasteiger partial charge < -0.3 is 39.5 Å². The smallest absolute Gasteiger partial charge is 0.340 e. The third kappa shape index (κ3) is 6.78. The van der Waals surface area contributed by atoms with Gasteiger partial charge in [0.2, 0.25) is 5.28 Å². The fourth-order valence-corrected chi connectivity index (χ4v) is 7.22. The molecule has 35 heavy (non-hydrogen) atoms. The van der Waals surface area contributed by atoms with E-state index in [1.54, 1.807) is 18.2 Å². The summed E-state index contributed by atoms with van der Waals surface area (Å²) in [5, 5.41) is 25.1. The Labute approximate surface area is 206 Å². The Hall–Kier alpha value is -1.17. The zero-order chi connectivity index (χ0) is 25.4. The van der Waals surface area contributed by atoms with E-state index in [4.69, 9.17) is 30.6 Å². The minimum atomic E-state index is -4.80. The minimum Gasteiger partial charge on any atom is -0.387 e. The van der Waals surface area contributed by atoms with Crippen LogP contribution in [0.25, 0.3) is 10.9 Å². The number of fused-ring (bicyclic) bond motifs is 1. The van der Waals surface area contributed by atoms with E-state index in [9.17, 15) is 24.2 Å². The summed E-state index contributed by atoms with van der Waals surface area (Å²) in [7, 11) is -9.44. The SMILES string of the molecule is O=P(O)(O)CP(=O)(O)OC[C@H]1O[C@@H](c2ccc3c(NC4CCCCC4)nc(Cl)nc3c2)[C@H](O)[C@@H]1O. The van der Waals surface area contributed by atoms with Crippen LogP contribution in [0, 0.1) is 0 Å². The van der Waals surface area contributed by atoms with Crippen LogP contribution < -0.4 is 5.32 Å². The van der Waals surface area contributed by atoms with Gasteiger partial charge >= 0.3 is 15.2 Å². The van der Waals surface area contributed by atoms with Gasteiger partial charge in [0, 0.05) is 11.4 Å². The Morgan fingerprint density at radius 2 is 1.80 bits per heavy atom. The number of aromatic nitrogens is 2. The van der Waals surface area contributed by atoms with E-state index in [1.165, 1.54) is 6.42 Å². The zero-order valence-corrected chi connectivity index (χ0v) is 21.1. The van der Waals surface area contributed by atoms with Crippen molar-refractivity contribution in [2.45, 2.75) is 62.6 Å². The molecule has 1 aliphatic heterocycles. The lowest BCUT2D eigenvalue weighted by Gasteiger charge is -2.24. The predicted octanol–water partition coefficient (Wildman–Crippen LogP) is 2.53. The van der Waals surface area contributed by atoms with E-state index in [0.29, 0.717) is 22.9 Å². The molecule has 0 radical (unpaired) electrons. The van der Waals surface area contributed by atoms with Gasteiger partial charge in [0.15, 0.2) is 5.90 Å². The second-order valence-corrected chi connectivity index (χ2v) is 13.2. The van der Waals surface area contributed by atoms with Crippen LogP contribution in [0.3, 0.4) is 0 Å². The van der Waals surface area contributed by atoms with Gasteiger partial charge in [-0.3, -0.25) is 9.13 Å². The topological polar surface area (TPSA) is 192 Å². The van der Waals surface area contributed by atoms with Crippen LogP contribution in [-0.4, -0.2) is 71.7 Å². The van der Waals surface area contributed by atoms with E-state index >= 15 is 0 Å². The Balaban J connectivity index is 1.50. The van der Waals surface area contributed by atoms with Crippen molar-refractivity contribution >= 4 is 43.5 Å². The molecule has 5 atom stereocenters. The minimum absolute atomic E-state index is 0.0518. The number of nitrogens with one attached hydrogen (secondary N) is 1. The second kappa shape index (κ2) is 10.7. The van der Waals surface area contributed by atoms with Gasteiger partial charge in [-0.05, 0) is 42.1 Å². The third-order valence-corrected chi connectivity index (χ3v) is 9.76. The molecule has 4 rings (SSSR count). The molecular formula is C20H28ClN3O9P2. The van der Waals surface area contributed by atoms with Crippen molar-refractivity contribution in [3.63, 3.8) is 0 Å². The molecule has 0 bridgehead atoms. The highest BCUT2D eigenvalue weighted by Crippen LogP contribution is 2.55. The lowest BCUT2D eigenvalue weighted by atomic mass is 9.95. The predicted molar refractivity (Wildman–Crippen MR) is 127 cm³/mol. The first-order valence-corrected chi connectivity index (χ1v) is 15.1. The summed E-state index contributed by atoms with van der Waals surface area (Å²) in [6.45, 7) is -0.653. The highest BCUT2D eigenvalue weighted by Gasteiger charge is 2.45.